The Balaban J connectivity index is 4.34. The molecule has 0 amide bonds. The minimum absolute atomic E-state index is 0.904. The first-order chi connectivity index (χ1) is 5.52. The van der Waals surface area contributed by atoms with Gasteiger partial charge in [0.25, 0.3) is 0 Å². The van der Waals surface area contributed by atoms with Crippen molar-refractivity contribution in [2.45, 2.75) is 33.6 Å². The lowest BCUT2D eigenvalue weighted by Gasteiger charge is -2.69. The van der Waals surface area contributed by atoms with E-state index in [9.17, 15) is 0 Å². The fourth-order valence-corrected chi connectivity index (χ4v) is 2.90. The molecule has 0 nitrogen and oxygen atoms in total. The van der Waals surface area contributed by atoms with Crippen molar-refractivity contribution in [3.05, 3.63) is 0 Å². The first-order valence-corrected chi connectivity index (χ1v) is 9.94. The van der Waals surface area contributed by atoms with Crippen molar-refractivity contribution in [2.75, 3.05) is 36.5 Å². The minimum atomic E-state index is -1.65. The first-order valence-electron chi connectivity index (χ1n) is 5.52. The molecule has 13 heavy (non-hydrogen) atoms. The molecule has 0 aromatic heterocycles. The van der Waals surface area contributed by atoms with Gasteiger partial charge < -0.3 is 0 Å². The predicted molar refractivity (Wildman–Crippen MR) is 70.8 cm³/mol. The normalized spacial score (nSPS) is 20.5. The van der Waals surface area contributed by atoms with E-state index in [1.54, 1.807) is 0 Å². The van der Waals surface area contributed by atoms with E-state index in [4.69, 9.17) is 0 Å². The van der Waals surface area contributed by atoms with Gasteiger partial charge >= 0.3 is 0 Å². The summed E-state index contributed by atoms with van der Waals surface area (Å²) in [5.41, 5.74) is 0. The van der Waals surface area contributed by atoms with Crippen LogP contribution in [0.4, 0.5) is 0 Å². The summed E-state index contributed by atoms with van der Waals surface area (Å²) in [6, 6.07) is 0. The van der Waals surface area contributed by atoms with Crippen LogP contribution in [0.1, 0.15) is 33.6 Å². The van der Waals surface area contributed by atoms with E-state index in [0.717, 1.165) is 5.92 Å². The maximum atomic E-state index is 2.53. The van der Waals surface area contributed by atoms with Crippen molar-refractivity contribution in [3.8, 4) is 0 Å². The molecule has 0 aromatic rings. The molecule has 0 aliphatic heterocycles. The van der Waals surface area contributed by atoms with Crippen LogP contribution in [0.25, 0.3) is 0 Å². The van der Waals surface area contributed by atoms with Crippen LogP contribution < -0.4 is 0 Å². The fraction of sp³-hybridized carbons (Fsp3) is 1.00. The van der Waals surface area contributed by atoms with Crippen LogP contribution in [0.3, 0.4) is 0 Å². The molecule has 84 valence electrons. The molecule has 0 aliphatic rings. The molecule has 0 saturated carbocycles. The average molecular weight is 206 g/mol. The molecule has 0 bridgehead atoms. The highest BCUT2D eigenvalue weighted by Gasteiger charge is 2.40. The predicted octanol–water partition coefficient (Wildman–Crippen LogP) is 3.84. The van der Waals surface area contributed by atoms with Crippen molar-refractivity contribution in [2.24, 2.45) is 5.92 Å². The molecule has 0 N–H and O–H groups in total. The van der Waals surface area contributed by atoms with Crippen LogP contribution >= 0.6 is 8.29 Å². The highest BCUT2D eigenvalue weighted by Crippen LogP contribution is 2.78. The Labute approximate surface area is 84.7 Å². The van der Waals surface area contributed by atoms with Crippen molar-refractivity contribution in [3.63, 3.8) is 0 Å². The van der Waals surface area contributed by atoms with E-state index in [0.29, 0.717) is 0 Å². The Morgan fingerprint density at radius 3 is 1.77 bits per heavy atom. The second-order valence-corrected chi connectivity index (χ2v) is 18.2. The molecule has 0 aliphatic carbocycles. The zero-order valence-electron chi connectivity index (χ0n) is 10.8. The third-order valence-corrected chi connectivity index (χ3v) is 8.50. The van der Waals surface area contributed by atoms with Gasteiger partial charge in [0, 0.05) is 0 Å². The van der Waals surface area contributed by atoms with Gasteiger partial charge in [-0.1, -0.05) is 27.2 Å². The summed E-state index contributed by atoms with van der Waals surface area (Å²) in [7, 11) is -1.65. The smallest absolute Gasteiger partial charge is 0.0341 e. The quantitative estimate of drug-likeness (QED) is 0.641. The molecule has 1 atom stereocenters. The molecule has 0 fully saturated rings. The highest BCUT2D eigenvalue weighted by molar-refractivity contribution is 8.62. The lowest BCUT2D eigenvalue weighted by molar-refractivity contribution is 0.546. The van der Waals surface area contributed by atoms with E-state index < -0.39 is 8.29 Å². The van der Waals surface area contributed by atoms with Crippen LogP contribution in [-0.2, 0) is 0 Å². The summed E-state index contributed by atoms with van der Waals surface area (Å²) in [5, 5.41) is 0. The van der Waals surface area contributed by atoms with Crippen LogP contribution in [-0.4, -0.2) is 36.5 Å². The highest BCUT2D eigenvalue weighted by atomic mass is 32.4. The van der Waals surface area contributed by atoms with Crippen LogP contribution in [0, 0.1) is 5.92 Å². The molecular weight excluding hydrogens is 176 g/mol. The summed E-state index contributed by atoms with van der Waals surface area (Å²) in [5.74, 6) is 3.70. The Morgan fingerprint density at radius 1 is 1.00 bits per heavy atom. The summed E-state index contributed by atoms with van der Waals surface area (Å²) in [4.78, 5) is 0. The molecule has 1 unspecified atom stereocenters. The SMILES string of the molecule is CCC(C)CCS(C)(C)(C)(C)CC. The number of hydrogen-bond acceptors (Lipinski definition) is 0. The van der Waals surface area contributed by atoms with Gasteiger partial charge in [-0.25, -0.2) is 0 Å². The van der Waals surface area contributed by atoms with Gasteiger partial charge in [0.2, 0.25) is 0 Å². The number of hydrogen-bond donors (Lipinski definition) is 0. The topological polar surface area (TPSA) is 0 Å². The fourth-order valence-electron chi connectivity index (χ4n) is 1.10. The Hall–Kier alpha value is 0.350. The van der Waals surface area contributed by atoms with Gasteiger partial charge in [-0.15, -0.1) is 0 Å². The zero-order chi connectivity index (χ0) is 10.8. The third-order valence-electron chi connectivity index (χ3n) is 3.63. The van der Waals surface area contributed by atoms with Gasteiger partial charge in [0.05, 0.1) is 0 Å². The van der Waals surface area contributed by atoms with Gasteiger partial charge in [0.15, 0.2) is 0 Å². The monoisotopic (exact) mass is 206 g/mol. The Bertz CT molecular complexity index is 170. The lowest BCUT2D eigenvalue weighted by Crippen LogP contribution is -2.37. The summed E-state index contributed by atoms with van der Waals surface area (Å²) in [6.07, 6.45) is 12.9. The van der Waals surface area contributed by atoms with E-state index in [2.05, 4.69) is 45.8 Å². The Morgan fingerprint density at radius 2 is 1.46 bits per heavy atom. The molecule has 0 saturated heterocycles. The third kappa shape index (κ3) is 5.61. The van der Waals surface area contributed by atoms with Crippen LogP contribution in [0.5, 0.6) is 0 Å². The maximum absolute atomic E-state index is 2.53. The van der Waals surface area contributed by atoms with Gasteiger partial charge in [-0.3, -0.25) is 8.29 Å². The van der Waals surface area contributed by atoms with E-state index in [-0.39, 0.29) is 0 Å². The first kappa shape index (κ1) is 13.4. The van der Waals surface area contributed by atoms with Crippen molar-refractivity contribution in [1.82, 2.24) is 0 Å². The second kappa shape index (κ2) is 3.18. The summed E-state index contributed by atoms with van der Waals surface area (Å²) in [6.45, 7) is 7.04. The zero-order valence-corrected chi connectivity index (χ0v) is 11.6. The van der Waals surface area contributed by atoms with E-state index in [1.807, 2.05) is 0 Å². The standard InChI is InChI=1S/C12H30S/c1-8-12(3)10-11-13(4,5,6,7)9-2/h12H,8-11H2,1-7H3. The molecule has 0 spiro atoms. The summed E-state index contributed by atoms with van der Waals surface area (Å²) >= 11 is 0. The van der Waals surface area contributed by atoms with Crippen LogP contribution in [0.2, 0.25) is 0 Å². The minimum Gasteiger partial charge on any atom is -0.284 e. The second-order valence-electron chi connectivity index (χ2n) is 7.26. The summed E-state index contributed by atoms with van der Waals surface area (Å²) < 4.78 is 0. The lowest BCUT2D eigenvalue weighted by atomic mass is 10.1. The molecular formula is C12H30S. The molecule has 0 aromatic carbocycles. The molecule has 0 rings (SSSR count). The molecule has 0 radical (unpaired) electrons. The van der Waals surface area contributed by atoms with E-state index in [1.165, 1.54) is 24.3 Å². The molecule has 1 heteroatoms. The number of rotatable bonds is 5. The van der Waals surface area contributed by atoms with Crippen molar-refractivity contribution >= 4 is 8.29 Å². The average Bonchev–Trinajstić information content (AvgIpc) is 2.00. The largest absolute Gasteiger partial charge is 0.284 e. The van der Waals surface area contributed by atoms with Crippen LogP contribution in [0.15, 0.2) is 0 Å². The van der Waals surface area contributed by atoms with Gasteiger partial charge in [-0.2, -0.15) is 0 Å². The van der Waals surface area contributed by atoms with Crippen molar-refractivity contribution < 1.29 is 0 Å². The van der Waals surface area contributed by atoms with Crippen molar-refractivity contribution in [1.29, 1.82) is 0 Å². The molecule has 0 heterocycles. The Kier molecular flexibility index (Phi) is 3.27. The van der Waals surface area contributed by atoms with Gasteiger partial charge in [-0.05, 0) is 48.9 Å². The van der Waals surface area contributed by atoms with E-state index >= 15 is 0 Å². The van der Waals surface area contributed by atoms with Gasteiger partial charge in [0.1, 0.15) is 0 Å². The maximum Gasteiger partial charge on any atom is -0.0341 e.